The molecule has 0 aliphatic carbocycles. The Morgan fingerprint density at radius 3 is 2.43 bits per heavy atom. The van der Waals surface area contributed by atoms with Crippen molar-refractivity contribution < 1.29 is 26.6 Å². The van der Waals surface area contributed by atoms with E-state index in [0.29, 0.717) is 37.4 Å². The molecule has 2 aliphatic rings. The molecule has 0 spiro atoms. The SMILES string of the molecule is CC(=O)N1CCN(S(=O)N(Cc2ccc(C3=NN=C(C(F)F)C3)cc2F)c2cccc(F)c2)CC1. The predicted molar refractivity (Wildman–Crippen MR) is 126 cm³/mol. The summed E-state index contributed by atoms with van der Waals surface area (Å²) in [5.41, 5.74) is 0.671. The Balaban J connectivity index is 1.55. The van der Waals surface area contributed by atoms with Crippen molar-refractivity contribution in [2.24, 2.45) is 10.2 Å². The molecule has 0 radical (unpaired) electrons. The highest BCUT2D eigenvalue weighted by Gasteiger charge is 2.28. The van der Waals surface area contributed by atoms with Crippen LogP contribution < -0.4 is 4.31 Å². The van der Waals surface area contributed by atoms with Crippen LogP contribution in [0.25, 0.3) is 0 Å². The Morgan fingerprint density at radius 2 is 1.83 bits per heavy atom. The van der Waals surface area contributed by atoms with E-state index in [4.69, 9.17) is 0 Å². The summed E-state index contributed by atoms with van der Waals surface area (Å²) >= 11 is -1.79. The Bertz CT molecular complexity index is 1200. The van der Waals surface area contributed by atoms with Crippen molar-refractivity contribution in [1.82, 2.24) is 9.21 Å². The zero-order valence-electron chi connectivity index (χ0n) is 18.8. The Morgan fingerprint density at radius 1 is 1.09 bits per heavy atom. The first kappa shape index (κ1) is 25.0. The van der Waals surface area contributed by atoms with Crippen molar-refractivity contribution in [3.63, 3.8) is 0 Å². The van der Waals surface area contributed by atoms with Gasteiger partial charge < -0.3 is 4.90 Å². The zero-order chi connectivity index (χ0) is 25.1. The highest BCUT2D eigenvalue weighted by molar-refractivity contribution is 7.84. The minimum absolute atomic E-state index is 0.0717. The van der Waals surface area contributed by atoms with E-state index < -0.39 is 29.2 Å². The predicted octanol–water partition coefficient (Wildman–Crippen LogP) is 3.53. The van der Waals surface area contributed by atoms with E-state index in [1.54, 1.807) is 21.3 Å². The van der Waals surface area contributed by atoms with Crippen LogP contribution in [-0.4, -0.2) is 63.3 Å². The van der Waals surface area contributed by atoms with Gasteiger partial charge in [0.05, 0.1) is 17.9 Å². The molecule has 0 aromatic heterocycles. The van der Waals surface area contributed by atoms with Gasteiger partial charge in [-0.05, 0) is 24.3 Å². The molecule has 12 heteroatoms. The summed E-state index contributed by atoms with van der Waals surface area (Å²) in [6.45, 7) is 2.80. The summed E-state index contributed by atoms with van der Waals surface area (Å²) in [7, 11) is 0. The minimum Gasteiger partial charge on any atom is -0.340 e. The molecule has 1 amide bonds. The van der Waals surface area contributed by atoms with Crippen LogP contribution in [0.5, 0.6) is 0 Å². The maximum absolute atomic E-state index is 15.1. The molecule has 186 valence electrons. The number of piperazine rings is 1. The first-order valence-corrected chi connectivity index (χ1v) is 11.9. The molecule has 1 saturated heterocycles. The largest absolute Gasteiger partial charge is 0.340 e. The third-order valence-electron chi connectivity index (χ3n) is 5.79. The molecule has 4 rings (SSSR count). The molecule has 0 saturated carbocycles. The number of nitrogens with zero attached hydrogens (tertiary/aromatic N) is 5. The van der Waals surface area contributed by atoms with E-state index in [9.17, 15) is 22.2 Å². The lowest BCUT2D eigenvalue weighted by Crippen LogP contribution is -2.51. The van der Waals surface area contributed by atoms with Crippen molar-refractivity contribution in [3.8, 4) is 0 Å². The molecule has 2 aliphatic heterocycles. The van der Waals surface area contributed by atoms with Gasteiger partial charge in [0.2, 0.25) is 5.91 Å². The molecule has 0 N–H and O–H groups in total. The van der Waals surface area contributed by atoms with Crippen molar-refractivity contribution in [2.75, 3.05) is 30.5 Å². The number of alkyl halides is 2. The molecule has 1 atom stereocenters. The molecule has 1 unspecified atom stereocenters. The lowest BCUT2D eigenvalue weighted by Gasteiger charge is -2.36. The van der Waals surface area contributed by atoms with E-state index in [1.807, 2.05) is 0 Å². The van der Waals surface area contributed by atoms with Crippen molar-refractivity contribution in [1.29, 1.82) is 0 Å². The number of hydrogen-bond acceptors (Lipinski definition) is 4. The van der Waals surface area contributed by atoms with Gasteiger partial charge in [0.1, 0.15) is 17.3 Å². The average Bonchev–Trinajstić information content (AvgIpc) is 3.34. The molecule has 35 heavy (non-hydrogen) atoms. The van der Waals surface area contributed by atoms with Crippen LogP contribution in [0.4, 0.5) is 23.2 Å². The Hall–Kier alpha value is -3.12. The van der Waals surface area contributed by atoms with Gasteiger partial charge in [-0.1, -0.05) is 18.2 Å². The van der Waals surface area contributed by atoms with Gasteiger partial charge in [0.15, 0.2) is 11.2 Å². The number of rotatable bonds is 7. The number of carbonyl (C=O) groups is 1. The zero-order valence-corrected chi connectivity index (χ0v) is 19.7. The van der Waals surface area contributed by atoms with Crippen molar-refractivity contribution in [3.05, 3.63) is 65.2 Å². The number of halogens is 4. The van der Waals surface area contributed by atoms with Gasteiger partial charge in [-0.25, -0.2) is 26.1 Å². The van der Waals surface area contributed by atoms with Crippen LogP contribution >= 0.6 is 0 Å². The lowest BCUT2D eigenvalue weighted by atomic mass is 10.0. The number of hydrogen-bond donors (Lipinski definition) is 0. The van der Waals surface area contributed by atoms with Crippen molar-refractivity contribution in [2.45, 2.75) is 26.3 Å². The quantitative estimate of drug-likeness (QED) is 0.536. The van der Waals surface area contributed by atoms with Gasteiger partial charge in [-0.15, -0.1) is 0 Å². The van der Waals surface area contributed by atoms with Crippen LogP contribution in [0.1, 0.15) is 24.5 Å². The lowest BCUT2D eigenvalue weighted by molar-refractivity contribution is -0.129. The Labute approximate surface area is 202 Å². The molecule has 2 heterocycles. The maximum Gasteiger partial charge on any atom is 0.278 e. The normalized spacial score (nSPS) is 17.4. The van der Waals surface area contributed by atoms with Gasteiger partial charge in [0, 0.05) is 50.7 Å². The molecular formula is C23H23F4N5O2S. The van der Waals surface area contributed by atoms with Gasteiger partial charge in [-0.2, -0.15) is 10.2 Å². The molecule has 2 aromatic rings. The van der Waals surface area contributed by atoms with E-state index in [2.05, 4.69) is 10.2 Å². The molecule has 1 fully saturated rings. The summed E-state index contributed by atoms with van der Waals surface area (Å²) in [5, 5.41) is 7.18. The third kappa shape index (κ3) is 5.76. The highest BCUT2D eigenvalue weighted by atomic mass is 32.2. The van der Waals surface area contributed by atoms with Crippen molar-refractivity contribution >= 4 is 34.2 Å². The molecular weight excluding hydrogens is 486 g/mol. The second-order valence-electron chi connectivity index (χ2n) is 8.10. The number of amides is 1. The fraction of sp³-hybridized carbons (Fsp3) is 0.348. The van der Waals surface area contributed by atoms with E-state index in [0.717, 1.165) is 0 Å². The van der Waals surface area contributed by atoms with E-state index in [-0.39, 0.29) is 35.9 Å². The fourth-order valence-electron chi connectivity index (χ4n) is 3.82. The topological polar surface area (TPSA) is 68.6 Å². The summed E-state index contributed by atoms with van der Waals surface area (Å²) < 4.78 is 71.2. The first-order chi connectivity index (χ1) is 16.7. The Kier molecular flexibility index (Phi) is 7.60. The van der Waals surface area contributed by atoms with Crippen LogP contribution in [0.15, 0.2) is 52.7 Å². The smallest absolute Gasteiger partial charge is 0.278 e. The summed E-state index contributed by atoms with van der Waals surface area (Å²) in [4.78, 5) is 13.3. The number of carbonyl (C=O) groups excluding carboxylic acids is 1. The fourth-order valence-corrected chi connectivity index (χ4v) is 5.12. The second kappa shape index (κ2) is 10.6. The molecule has 2 aromatic carbocycles. The minimum atomic E-state index is -2.73. The van der Waals surface area contributed by atoms with Gasteiger partial charge >= 0.3 is 0 Å². The summed E-state index contributed by atoms with van der Waals surface area (Å²) in [6.07, 6.45) is -2.89. The summed E-state index contributed by atoms with van der Waals surface area (Å²) in [6, 6.07) is 9.70. The number of benzene rings is 2. The maximum atomic E-state index is 15.1. The van der Waals surface area contributed by atoms with Gasteiger partial charge in [-0.3, -0.25) is 9.10 Å². The third-order valence-corrected chi connectivity index (χ3v) is 7.31. The second-order valence-corrected chi connectivity index (χ2v) is 9.52. The first-order valence-electron chi connectivity index (χ1n) is 10.9. The number of anilines is 1. The van der Waals surface area contributed by atoms with Crippen LogP contribution in [0.3, 0.4) is 0 Å². The average molecular weight is 510 g/mol. The molecule has 0 bridgehead atoms. The standard InChI is InChI=1S/C23H23F4N5O2S/c1-15(33)30-7-9-31(10-8-30)35(34)32(19-4-2-3-18(24)12-19)14-17-6-5-16(11-20(17)25)21-13-22(23(26)27)29-28-21/h2-6,11-12,23H,7-10,13-14H2,1H3. The van der Waals surface area contributed by atoms with E-state index >= 15 is 4.39 Å². The van der Waals surface area contributed by atoms with Crippen LogP contribution in [0, 0.1) is 11.6 Å². The highest BCUT2D eigenvalue weighted by Crippen LogP contribution is 2.25. The monoisotopic (exact) mass is 509 g/mol. The molecule has 7 nitrogen and oxygen atoms in total. The van der Waals surface area contributed by atoms with Gasteiger partial charge in [0.25, 0.3) is 6.43 Å². The van der Waals surface area contributed by atoms with Crippen LogP contribution in [0.2, 0.25) is 0 Å². The van der Waals surface area contributed by atoms with Crippen LogP contribution in [-0.2, 0) is 22.5 Å². The van der Waals surface area contributed by atoms with E-state index in [1.165, 1.54) is 41.6 Å². The summed E-state index contributed by atoms with van der Waals surface area (Å²) in [5.74, 6) is -1.25.